The lowest BCUT2D eigenvalue weighted by Gasteiger charge is -2.08. The van der Waals surface area contributed by atoms with Crippen LogP contribution in [0, 0.1) is 20.8 Å². The van der Waals surface area contributed by atoms with Crippen LogP contribution in [0.4, 0.5) is 5.13 Å². The van der Waals surface area contributed by atoms with Crippen molar-refractivity contribution in [3.8, 4) is 11.3 Å². The summed E-state index contributed by atoms with van der Waals surface area (Å²) in [5, 5.41) is 9.65. The topological polar surface area (TPSA) is 50.9 Å². The second-order valence-corrected chi connectivity index (χ2v) is 6.35. The molecule has 3 N–H and O–H groups in total. The first kappa shape index (κ1) is 14.1. The van der Waals surface area contributed by atoms with Crippen LogP contribution in [0.5, 0.6) is 0 Å². The van der Waals surface area contributed by atoms with E-state index in [1.54, 1.807) is 11.3 Å². The van der Waals surface area contributed by atoms with Gasteiger partial charge in [0.2, 0.25) is 5.13 Å². The van der Waals surface area contributed by atoms with E-state index in [4.69, 9.17) is 4.98 Å². The minimum atomic E-state index is 0.916. The number of anilines is 1. The van der Waals surface area contributed by atoms with Gasteiger partial charge in [-0.2, -0.15) is 0 Å². The maximum Gasteiger partial charge on any atom is 0.350 e. The highest BCUT2D eigenvalue weighted by Gasteiger charge is 2.15. The molecule has 1 aliphatic rings. The smallest absolute Gasteiger partial charge is 0.278 e. The Balaban J connectivity index is 1.84. The monoisotopic (exact) mass is 301 g/mol. The second-order valence-electron chi connectivity index (χ2n) is 5.50. The minimum Gasteiger partial charge on any atom is -0.278 e. The molecule has 110 valence electrons. The van der Waals surface area contributed by atoms with E-state index in [-0.39, 0.29) is 0 Å². The number of thiazole rings is 1. The van der Waals surface area contributed by atoms with Crippen LogP contribution < -0.4 is 15.6 Å². The molecule has 2 heterocycles. The molecule has 0 spiro atoms. The fourth-order valence-electron chi connectivity index (χ4n) is 2.46. The van der Waals surface area contributed by atoms with Crippen molar-refractivity contribution >= 4 is 22.4 Å². The Bertz CT molecular complexity index is 688. The van der Waals surface area contributed by atoms with Gasteiger partial charge in [-0.05, 0) is 43.5 Å². The molecule has 5 heteroatoms. The summed E-state index contributed by atoms with van der Waals surface area (Å²) < 4.78 is 0. The Morgan fingerprint density at radius 3 is 2.76 bits per heavy atom. The number of hydrogen-bond acceptors (Lipinski definition) is 4. The molecule has 2 aromatic rings. The third-order valence-corrected chi connectivity index (χ3v) is 4.57. The average molecular weight is 301 g/mol. The van der Waals surface area contributed by atoms with Crippen LogP contribution in [0.15, 0.2) is 17.5 Å². The lowest BCUT2D eigenvalue weighted by atomic mass is 9.99. The van der Waals surface area contributed by atoms with Crippen LogP contribution in [-0.2, 0) is 0 Å². The summed E-state index contributed by atoms with van der Waals surface area (Å²) in [5.41, 5.74) is 6.17. The third-order valence-electron chi connectivity index (χ3n) is 3.81. The van der Waals surface area contributed by atoms with Crippen LogP contribution in [-0.4, -0.2) is 24.0 Å². The molecular formula is C16H21N4S+. The summed E-state index contributed by atoms with van der Waals surface area (Å²) in [6.45, 7) is 8.45. The first-order chi connectivity index (χ1) is 10.1. The molecule has 4 nitrogen and oxygen atoms in total. The lowest BCUT2D eigenvalue weighted by molar-refractivity contribution is -0.464. The number of guanidine groups is 1. The summed E-state index contributed by atoms with van der Waals surface area (Å²) in [6.07, 6.45) is 1.15. The van der Waals surface area contributed by atoms with Gasteiger partial charge in [0.15, 0.2) is 0 Å². The largest absolute Gasteiger partial charge is 0.350 e. The molecular weight excluding hydrogens is 280 g/mol. The van der Waals surface area contributed by atoms with Gasteiger partial charge < -0.3 is 0 Å². The summed E-state index contributed by atoms with van der Waals surface area (Å²) in [7, 11) is 0. The molecule has 0 saturated heterocycles. The van der Waals surface area contributed by atoms with Crippen molar-refractivity contribution in [2.45, 2.75) is 27.2 Å². The first-order valence-electron chi connectivity index (χ1n) is 7.29. The van der Waals surface area contributed by atoms with Crippen LogP contribution in [0.1, 0.15) is 23.1 Å². The predicted molar refractivity (Wildman–Crippen MR) is 88.8 cm³/mol. The van der Waals surface area contributed by atoms with E-state index >= 15 is 0 Å². The number of aryl methyl sites for hydroxylation is 3. The summed E-state index contributed by atoms with van der Waals surface area (Å²) in [4.78, 5) is 8.02. The molecule has 1 aliphatic heterocycles. The fraction of sp³-hybridized carbons (Fsp3) is 0.375. The fourth-order valence-corrected chi connectivity index (χ4v) is 3.18. The van der Waals surface area contributed by atoms with Gasteiger partial charge in [0.25, 0.3) is 0 Å². The number of nitrogens with one attached hydrogen (secondary N) is 3. The maximum absolute atomic E-state index is 4.71. The summed E-state index contributed by atoms with van der Waals surface area (Å²) >= 11 is 1.63. The van der Waals surface area contributed by atoms with E-state index in [0.717, 1.165) is 36.3 Å². The Morgan fingerprint density at radius 2 is 2.00 bits per heavy atom. The highest BCUT2D eigenvalue weighted by atomic mass is 32.1. The number of nitrogens with zero attached hydrogens (tertiary/aromatic N) is 1. The molecule has 0 unspecified atom stereocenters. The zero-order valence-corrected chi connectivity index (χ0v) is 13.5. The predicted octanol–water partition coefficient (Wildman–Crippen LogP) is 1.58. The zero-order valence-electron chi connectivity index (χ0n) is 12.7. The molecule has 0 aliphatic carbocycles. The van der Waals surface area contributed by atoms with Crippen molar-refractivity contribution in [1.29, 1.82) is 0 Å². The van der Waals surface area contributed by atoms with Gasteiger partial charge in [-0.25, -0.2) is 10.3 Å². The average Bonchev–Trinajstić information content (AvgIpc) is 2.92. The van der Waals surface area contributed by atoms with Gasteiger partial charge in [-0.3, -0.25) is 10.3 Å². The Hall–Kier alpha value is -1.88. The highest BCUT2D eigenvalue weighted by Crippen LogP contribution is 2.29. The molecule has 0 bridgehead atoms. The number of aromatic nitrogens is 1. The van der Waals surface area contributed by atoms with Crippen molar-refractivity contribution in [1.82, 2.24) is 10.3 Å². The van der Waals surface area contributed by atoms with Gasteiger partial charge in [0.05, 0.1) is 18.8 Å². The van der Waals surface area contributed by atoms with Crippen molar-refractivity contribution < 1.29 is 4.99 Å². The molecule has 3 rings (SSSR count). The molecule has 0 radical (unpaired) electrons. The molecule has 1 aromatic heterocycles. The Labute approximate surface area is 129 Å². The standard InChI is InChI=1S/C16H20N4S/c1-10-7-12(3)13(8-11(10)2)14-9-21-16(19-14)20-15-17-5-4-6-18-15/h7-9H,4-6H2,1-3H3,(H2,17,18,19,20)/p+1. The minimum absolute atomic E-state index is 0.916. The van der Waals surface area contributed by atoms with Crippen molar-refractivity contribution in [3.63, 3.8) is 0 Å². The van der Waals surface area contributed by atoms with E-state index in [1.807, 2.05) is 0 Å². The Morgan fingerprint density at radius 1 is 1.19 bits per heavy atom. The molecule has 0 fully saturated rings. The van der Waals surface area contributed by atoms with Gasteiger partial charge >= 0.3 is 5.96 Å². The van der Waals surface area contributed by atoms with Crippen molar-refractivity contribution in [2.75, 3.05) is 18.4 Å². The van der Waals surface area contributed by atoms with Gasteiger partial charge in [0.1, 0.15) is 0 Å². The molecule has 0 atom stereocenters. The Kier molecular flexibility index (Phi) is 3.92. The van der Waals surface area contributed by atoms with Crippen LogP contribution in [0.2, 0.25) is 0 Å². The molecule has 0 saturated carbocycles. The molecule has 21 heavy (non-hydrogen) atoms. The normalized spacial score (nSPS) is 14.5. The number of rotatable bonds is 2. The summed E-state index contributed by atoms with van der Waals surface area (Å²) in [6, 6.07) is 4.46. The number of benzene rings is 1. The number of hydrogen-bond donors (Lipinski definition) is 3. The van der Waals surface area contributed by atoms with E-state index in [2.05, 4.69) is 53.9 Å². The van der Waals surface area contributed by atoms with Crippen molar-refractivity contribution in [3.05, 3.63) is 34.2 Å². The van der Waals surface area contributed by atoms with E-state index < -0.39 is 0 Å². The lowest BCUT2D eigenvalue weighted by Crippen LogP contribution is -2.80. The van der Waals surface area contributed by atoms with Gasteiger partial charge in [-0.1, -0.05) is 17.4 Å². The van der Waals surface area contributed by atoms with Gasteiger partial charge in [0, 0.05) is 17.4 Å². The van der Waals surface area contributed by atoms with Crippen LogP contribution in [0.25, 0.3) is 11.3 Å². The van der Waals surface area contributed by atoms with Crippen molar-refractivity contribution in [2.24, 2.45) is 0 Å². The SMILES string of the molecule is Cc1cc(C)c(-c2csc(NC3=[NH+]CCCN3)n2)cc1C. The second kappa shape index (κ2) is 5.85. The molecule has 0 amide bonds. The third kappa shape index (κ3) is 3.08. The maximum atomic E-state index is 4.71. The molecule has 1 aromatic carbocycles. The van der Waals surface area contributed by atoms with E-state index in [0.29, 0.717) is 0 Å². The van der Waals surface area contributed by atoms with E-state index in [1.165, 1.54) is 22.3 Å². The van der Waals surface area contributed by atoms with E-state index in [9.17, 15) is 0 Å². The van der Waals surface area contributed by atoms with Crippen LogP contribution in [0.3, 0.4) is 0 Å². The summed E-state index contributed by atoms with van der Waals surface area (Å²) in [5.74, 6) is 0.957. The zero-order chi connectivity index (χ0) is 14.8. The first-order valence-corrected chi connectivity index (χ1v) is 8.17. The van der Waals surface area contributed by atoms with Gasteiger partial charge in [-0.15, -0.1) is 0 Å². The quantitative estimate of drug-likeness (QED) is 0.789. The highest BCUT2D eigenvalue weighted by molar-refractivity contribution is 7.14. The van der Waals surface area contributed by atoms with Crippen LogP contribution >= 0.6 is 11.3 Å².